The lowest BCUT2D eigenvalue weighted by molar-refractivity contribution is 0.190. The van der Waals surface area contributed by atoms with E-state index in [4.69, 9.17) is 11.6 Å². The minimum atomic E-state index is 0.365. The van der Waals surface area contributed by atoms with Crippen molar-refractivity contribution < 1.29 is 0 Å². The van der Waals surface area contributed by atoms with Gasteiger partial charge in [-0.2, -0.15) is 0 Å². The third-order valence-electron chi connectivity index (χ3n) is 3.26. The monoisotopic (exact) mass is 206 g/mol. The number of benzene rings is 1. The average Bonchev–Trinajstić information content (AvgIpc) is 2.15. The van der Waals surface area contributed by atoms with E-state index in [1.807, 2.05) is 12.1 Å². The molecule has 1 aromatic rings. The lowest BCUT2D eigenvalue weighted by atomic mass is 9.61. The van der Waals surface area contributed by atoms with Gasteiger partial charge in [0.25, 0.3) is 0 Å². The quantitative estimate of drug-likeness (QED) is 0.629. The van der Waals surface area contributed by atoms with Gasteiger partial charge in [-0.15, -0.1) is 6.58 Å². The SMILES string of the molecule is C=CC1(C)CC(c2ccc(Cl)cc2)C1. The second kappa shape index (κ2) is 3.43. The molecule has 0 nitrogen and oxygen atoms in total. The molecular formula is C13H15Cl. The van der Waals surface area contributed by atoms with Gasteiger partial charge >= 0.3 is 0 Å². The Morgan fingerprint density at radius 3 is 2.43 bits per heavy atom. The topological polar surface area (TPSA) is 0 Å². The summed E-state index contributed by atoms with van der Waals surface area (Å²) in [5.74, 6) is 0.704. The molecule has 1 aliphatic rings. The summed E-state index contributed by atoms with van der Waals surface area (Å²) in [6, 6.07) is 8.21. The second-order valence-corrected chi connectivity index (χ2v) is 4.95. The molecule has 0 bridgehead atoms. The van der Waals surface area contributed by atoms with Crippen LogP contribution in [0.15, 0.2) is 36.9 Å². The van der Waals surface area contributed by atoms with Crippen LogP contribution in [0.2, 0.25) is 5.02 Å². The third-order valence-corrected chi connectivity index (χ3v) is 3.51. The molecule has 0 amide bonds. The zero-order valence-corrected chi connectivity index (χ0v) is 9.22. The summed E-state index contributed by atoms with van der Waals surface area (Å²) >= 11 is 5.84. The first-order chi connectivity index (χ1) is 6.63. The van der Waals surface area contributed by atoms with E-state index in [0.29, 0.717) is 11.3 Å². The van der Waals surface area contributed by atoms with Crippen LogP contribution in [0.1, 0.15) is 31.2 Å². The molecule has 2 rings (SSSR count). The largest absolute Gasteiger partial charge is 0.103 e. The minimum Gasteiger partial charge on any atom is -0.103 e. The first-order valence-electron chi connectivity index (χ1n) is 5.02. The van der Waals surface area contributed by atoms with Crippen LogP contribution < -0.4 is 0 Å². The van der Waals surface area contributed by atoms with Crippen molar-refractivity contribution in [3.8, 4) is 0 Å². The van der Waals surface area contributed by atoms with E-state index in [2.05, 4.69) is 31.7 Å². The molecule has 0 spiro atoms. The number of halogens is 1. The standard InChI is InChI=1S/C13H15Cl/c1-3-13(2)8-11(9-13)10-4-6-12(14)7-5-10/h3-7,11H,1,8-9H2,2H3. The molecule has 1 heteroatoms. The number of allylic oxidation sites excluding steroid dienone is 1. The predicted octanol–water partition coefficient (Wildman–Crippen LogP) is 4.41. The van der Waals surface area contributed by atoms with Gasteiger partial charge in [-0.3, -0.25) is 0 Å². The summed E-state index contributed by atoms with van der Waals surface area (Å²) in [5, 5.41) is 0.819. The van der Waals surface area contributed by atoms with Crippen LogP contribution in [0.3, 0.4) is 0 Å². The van der Waals surface area contributed by atoms with Crippen molar-refractivity contribution in [1.29, 1.82) is 0 Å². The summed E-state index contributed by atoms with van der Waals surface area (Å²) in [5.41, 5.74) is 1.78. The lowest BCUT2D eigenvalue weighted by Crippen LogP contribution is -2.30. The molecule has 1 fully saturated rings. The molecule has 1 aliphatic carbocycles. The normalized spacial score (nSPS) is 30.9. The molecule has 0 saturated heterocycles. The third kappa shape index (κ3) is 1.72. The molecular weight excluding hydrogens is 192 g/mol. The highest BCUT2D eigenvalue weighted by Crippen LogP contribution is 2.51. The van der Waals surface area contributed by atoms with Gasteiger partial charge in [0, 0.05) is 5.02 Å². The lowest BCUT2D eigenvalue weighted by Gasteiger charge is -2.43. The van der Waals surface area contributed by atoms with Crippen molar-refractivity contribution in [2.75, 3.05) is 0 Å². The molecule has 0 radical (unpaired) electrons. The van der Waals surface area contributed by atoms with Crippen molar-refractivity contribution >= 4 is 11.6 Å². The Hall–Kier alpha value is -0.750. The van der Waals surface area contributed by atoms with Crippen molar-refractivity contribution in [3.63, 3.8) is 0 Å². The van der Waals surface area contributed by atoms with E-state index in [0.717, 1.165) is 5.02 Å². The fourth-order valence-electron chi connectivity index (χ4n) is 2.20. The Morgan fingerprint density at radius 1 is 1.36 bits per heavy atom. The van der Waals surface area contributed by atoms with Crippen LogP contribution >= 0.6 is 11.6 Å². The van der Waals surface area contributed by atoms with Gasteiger partial charge < -0.3 is 0 Å². The van der Waals surface area contributed by atoms with Crippen LogP contribution in [0.25, 0.3) is 0 Å². The maximum absolute atomic E-state index is 5.84. The van der Waals surface area contributed by atoms with Crippen LogP contribution in [0, 0.1) is 5.41 Å². The fraction of sp³-hybridized carbons (Fsp3) is 0.385. The van der Waals surface area contributed by atoms with E-state index < -0.39 is 0 Å². The van der Waals surface area contributed by atoms with Crippen LogP contribution in [-0.2, 0) is 0 Å². The molecule has 0 atom stereocenters. The van der Waals surface area contributed by atoms with Gasteiger partial charge in [0.2, 0.25) is 0 Å². The fourth-order valence-corrected chi connectivity index (χ4v) is 2.33. The zero-order chi connectivity index (χ0) is 10.2. The van der Waals surface area contributed by atoms with E-state index in [9.17, 15) is 0 Å². The molecule has 1 aromatic carbocycles. The summed E-state index contributed by atoms with van der Waals surface area (Å²) in [7, 11) is 0. The van der Waals surface area contributed by atoms with E-state index in [-0.39, 0.29) is 0 Å². The first-order valence-corrected chi connectivity index (χ1v) is 5.40. The van der Waals surface area contributed by atoms with E-state index in [1.54, 1.807) is 0 Å². The number of rotatable bonds is 2. The summed E-state index contributed by atoms with van der Waals surface area (Å²) in [6.45, 7) is 6.15. The molecule has 14 heavy (non-hydrogen) atoms. The van der Waals surface area contributed by atoms with Crippen molar-refractivity contribution in [3.05, 3.63) is 47.5 Å². The van der Waals surface area contributed by atoms with Gasteiger partial charge in [0.15, 0.2) is 0 Å². The smallest absolute Gasteiger partial charge is 0.0406 e. The maximum Gasteiger partial charge on any atom is 0.0406 e. The van der Waals surface area contributed by atoms with Crippen molar-refractivity contribution in [2.45, 2.75) is 25.7 Å². The minimum absolute atomic E-state index is 0.365. The van der Waals surface area contributed by atoms with Crippen LogP contribution in [-0.4, -0.2) is 0 Å². The van der Waals surface area contributed by atoms with Crippen LogP contribution in [0.5, 0.6) is 0 Å². The second-order valence-electron chi connectivity index (χ2n) is 4.51. The molecule has 74 valence electrons. The van der Waals surface area contributed by atoms with Crippen molar-refractivity contribution in [1.82, 2.24) is 0 Å². The first kappa shape index (κ1) is 9.79. The van der Waals surface area contributed by atoms with Crippen molar-refractivity contribution in [2.24, 2.45) is 5.41 Å². The van der Waals surface area contributed by atoms with Gasteiger partial charge in [-0.05, 0) is 41.9 Å². The Balaban J connectivity index is 2.06. The van der Waals surface area contributed by atoms with Gasteiger partial charge in [-0.25, -0.2) is 0 Å². The Kier molecular flexibility index (Phi) is 2.40. The summed E-state index contributed by atoms with van der Waals surface area (Å²) < 4.78 is 0. The highest BCUT2D eigenvalue weighted by molar-refractivity contribution is 6.30. The average molecular weight is 207 g/mol. The highest BCUT2D eigenvalue weighted by atomic mass is 35.5. The molecule has 0 heterocycles. The molecule has 1 saturated carbocycles. The predicted molar refractivity (Wildman–Crippen MR) is 61.7 cm³/mol. The van der Waals surface area contributed by atoms with Gasteiger partial charge in [-0.1, -0.05) is 36.7 Å². The maximum atomic E-state index is 5.84. The number of hydrogen-bond acceptors (Lipinski definition) is 0. The van der Waals surface area contributed by atoms with Gasteiger partial charge in [0.1, 0.15) is 0 Å². The molecule has 0 aromatic heterocycles. The highest BCUT2D eigenvalue weighted by Gasteiger charge is 2.38. The van der Waals surface area contributed by atoms with Gasteiger partial charge in [0.05, 0.1) is 0 Å². The van der Waals surface area contributed by atoms with E-state index in [1.165, 1.54) is 18.4 Å². The summed E-state index contributed by atoms with van der Waals surface area (Å²) in [6.07, 6.45) is 4.52. The van der Waals surface area contributed by atoms with Crippen LogP contribution in [0.4, 0.5) is 0 Å². The number of hydrogen-bond donors (Lipinski definition) is 0. The molecule has 0 N–H and O–H groups in total. The molecule has 0 aliphatic heterocycles. The van der Waals surface area contributed by atoms with E-state index >= 15 is 0 Å². The molecule has 0 unspecified atom stereocenters. The Bertz CT molecular complexity index is 331. The Morgan fingerprint density at radius 2 is 1.93 bits per heavy atom. The Labute approximate surface area is 90.6 Å². The zero-order valence-electron chi connectivity index (χ0n) is 8.46. The summed E-state index contributed by atoms with van der Waals surface area (Å²) in [4.78, 5) is 0.